The molecule has 0 aliphatic heterocycles. The summed E-state index contributed by atoms with van der Waals surface area (Å²) < 4.78 is 0. The van der Waals surface area contributed by atoms with Crippen molar-refractivity contribution in [3.63, 3.8) is 0 Å². The monoisotopic (exact) mass is 311 g/mol. The molecule has 1 atom stereocenters. The summed E-state index contributed by atoms with van der Waals surface area (Å²) in [7, 11) is 0. The van der Waals surface area contributed by atoms with Crippen LogP contribution in [0.3, 0.4) is 0 Å². The maximum absolute atomic E-state index is 12.6. The predicted octanol–water partition coefficient (Wildman–Crippen LogP) is 3.70. The molecule has 0 aromatic heterocycles. The van der Waals surface area contributed by atoms with Gasteiger partial charge in [-0.1, -0.05) is 49.7 Å². The molecule has 2 rings (SSSR count). The lowest BCUT2D eigenvalue weighted by atomic mass is 9.93. The van der Waals surface area contributed by atoms with Crippen molar-refractivity contribution in [2.45, 2.75) is 25.7 Å². The van der Waals surface area contributed by atoms with Crippen LogP contribution >= 0.6 is 0 Å². The fraction of sp³-hybridized carbons (Fsp3) is 0.222. The third-order valence-corrected chi connectivity index (χ3v) is 3.49. The fourth-order valence-electron chi connectivity index (χ4n) is 2.47. The number of nitrogens with two attached hydrogens (primary N) is 1. The first kappa shape index (κ1) is 16.5. The van der Waals surface area contributed by atoms with Crippen LogP contribution in [0.1, 0.15) is 31.2 Å². The molecule has 5 heteroatoms. The molecular formula is C18H21N3O2. The van der Waals surface area contributed by atoms with E-state index in [4.69, 9.17) is 5.73 Å². The summed E-state index contributed by atoms with van der Waals surface area (Å²) in [5, 5.41) is 5.40. The SMILES string of the molecule is CCCC(C(=O)Nc1cccc(NC(N)=O)c1)c1ccccc1. The van der Waals surface area contributed by atoms with Crippen molar-refractivity contribution in [1.29, 1.82) is 0 Å². The molecule has 0 bridgehead atoms. The summed E-state index contributed by atoms with van der Waals surface area (Å²) in [4.78, 5) is 23.5. The highest BCUT2D eigenvalue weighted by molar-refractivity contribution is 5.97. The molecule has 23 heavy (non-hydrogen) atoms. The van der Waals surface area contributed by atoms with E-state index in [9.17, 15) is 9.59 Å². The number of urea groups is 1. The van der Waals surface area contributed by atoms with Gasteiger partial charge in [0.15, 0.2) is 0 Å². The van der Waals surface area contributed by atoms with Gasteiger partial charge in [0.2, 0.25) is 5.91 Å². The van der Waals surface area contributed by atoms with Crippen LogP contribution < -0.4 is 16.4 Å². The Balaban J connectivity index is 2.14. The van der Waals surface area contributed by atoms with Gasteiger partial charge in [-0.25, -0.2) is 4.79 Å². The lowest BCUT2D eigenvalue weighted by Crippen LogP contribution is -2.22. The standard InChI is InChI=1S/C18H21N3O2/c1-2-7-16(13-8-4-3-5-9-13)17(22)20-14-10-6-11-15(12-14)21-18(19)23/h3-6,8-12,16H,2,7H2,1H3,(H,20,22)(H3,19,21,23). The summed E-state index contributed by atoms with van der Waals surface area (Å²) in [6.07, 6.45) is 1.69. The maximum Gasteiger partial charge on any atom is 0.316 e. The topological polar surface area (TPSA) is 84.2 Å². The second-order valence-electron chi connectivity index (χ2n) is 5.31. The van der Waals surface area contributed by atoms with Crippen LogP contribution in [0.4, 0.5) is 16.2 Å². The minimum Gasteiger partial charge on any atom is -0.351 e. The number of benzene rings is 2. The zero-order chi connectivity index (χ0) is 16.7. The van der Waals surface area contributed by atoms with Crippen molar-refractivity contribution in [3.05, 3.63) is 60.2 Å². The molecule has 0 spiro atoms. The predicted molar refractivity (Wildman–Crippen MR) is 92.4 cm³/mol. The van der Waals surface area contributed by atoms with Crippen LogP contribution in [0.25, 0.3) is 0 Å². The smallest absolute Gasteiger partial charge is 0.316 e. The quantitative estimate of drug-likeness (QED) is 0.760. The van der Waals surface area contributed by atoms with Gasteiger partial charge < -0.3 is 16.4 Å². The first-order valence-corrected chi connectivity index (χ1v) is 7.62. The first-order chi connectivity index (χ1) is 11.1. The number of hydrogen-bond donors (Lipinski definition) is 3. The molecule has 0 aliphatic rings. The molecule has 3 amide bonds. The molecule has 0 heterocycles. The summed E-state index contributed by atoms with van der Waals surface area (Å²) in [6, 6.07) is 16.0. The van der Waals surface area contributed by atoms with Crippen molar-refractivity contribution in [3.8, 4) is 0 Å². The van der Waals surface area contributed by atoms with Crippen LogP contribution in [0, 0.1) is 0 Å². The second kappa shape index (κ2) is 7.98. The number of rotatable bonds is 6. The summed E-state index contributed by atoms with van der Waals surface area (Å²) in [5.74, 6) is -0.261. The molecule has 2 aromatic rings. The number of amides is 3. The zero-order valence-electron chi connectivity index (χ0n) is 13.1. The molecule has 2 aromatic carbocycles. The van der Waals surface area contributed by atoms with Gasteiger partial charge in [0.1, 0.15) is 0 Å². The van der Waals surface area contributed by atoms with Crippen LogP contribution in [0.2, 0.25) is 0 Å². The van der Waals surface area contributed by atoms with Gasteiger partial charge in [-0.05, 0) is 30.2 Å². The highest BCUT2D eigenvalue weighted by Crippen LogP contribution is 2.24. The summed E-state index contributed by atoms with van der Waals surface area (Å²) >= 11 is 0. The van der Waals surface area contributed by atoms with E-state index in [2.05, 4.69) is 17.6 Å². The normalized spacial score (nSPS) is 11.5. The lowest BCUT2D eigenvalue weighted by molar-refractivity contribution is -0.117. The Bertz CT molecular complexity index is 671. The third-order valence-electron chi connectivity index (χ3n) is 3.49. The largest absolute Gasteiger partial charge is 0.351 e. The molecule has 0 radical (unpaired) electrons. The summed E-state index contributed by atoms with van der Waals surface area (Å²) in [5.41, 5.74) is 7.27. The molecule has 0 saturated carbocycles. The van der Waals surface area contributed by atoms with Crippen LogP contribution in [-0.2, 0) is 4.79 Å². The van der Waals surface area contributed by atoms with Gasteiger partial charge in [-0.2, -0.15) is 0 Å². The Kier molecular flexibility index (Phi) is 5.74. The average molecular weight is 311 g/mol. The number of anilines is 2. The minimum absolute atomic E-state index is 0.0609. The van der Waals surface area contributed by atoms with Crippen molar-refractivity contribution >= 4 is 23.3 Å². The third kappa shape index (κ3) is 4.85. The van der Waals surface area contributed by atoms with Gasteiger partial charge >= 0.3 is 6.03 Å². The number of nitrogens with one attached hydrogen (secondary N) is 2. The molecule has 0 saturated heterocycles. The second-order valence-corrected chi connectivity index (χ2v) is 5.31. The van der Waals surface area contributed by atoms with E-state index in [0.29, 0.717) is 11.4 Å². The van der Waals surface area contributed by atoms with Crippen molar-refractivity contribution in [1.82, 2.24) is 0 Å². The van der Waals surface area contributed by atoms with Gasteiger partial charge in [0, 0.05) is 11.4 Å². The molecule has 120 valence electrons. The number of carbonyl (C=O) groups is 2. The summed E-state index contributed by atoms with van der Waals surface area (Å²) in [6.45, 7) is 2.06. The Labute approximate surface area is 135 Å². The Hall–Kier alpha value is -2.82. The molecule has 1 unspecified atom stereocenters. The molecular weight excluding hydrogens is 290 g/mol. The van der Waals surface area contributed by atoms with E-state index in [0.717, 1.165) is 18.4 Å². The van der Waals surface area contributed by atoms with E-state index in [1.807, 2.05) is 30.3 Å². The highest BCUT2D eigenvalue weighted by atomic mass is 16.2. The van der Waals surface area contributed by atoms with Gasteiger partial charge in [-0.15, -0.1) is 0 Å². The number of primary amides is 1. The first-order valence-electron chi connectivity index (χ1n) is 7.62. The van der Waals surface area contributed by atoms with E-state index in [1.54, 1.807) is 24.3 Å². The van der Waals surface area contributed by atoms with Crippen molar-refractivity contribution < 1.29 is 9.59 Å². The number of hydrogen-bond acceptors (Lipinski definition) is 2. The Morgan fingerprint density at radius 2 is 1.65 bits per heavy atom. The Morgan fingerprint density at radius 3 is 2.26 bits per heavy atom. The molecule has 4 N–H and O–H groups in total. The zero-order valence-corrected chi connectivity index (χ0v) is 13.1. The highest BCUT2D eigenvalue weighted by Gasteiger charge is 2.19. The fourth-order valence-corrected chi connectivity index (χ4v) is 2.47. The molecule has 5 nitrogen and oxygen atoms in total. The van der Waals surface area contributed by atoms with Crippen molar-refractivity contribution in [2.75, 3.05) is 10.6 Å². The van der Waals surface area contributed by atoms with Crippen LogP contribution in [0.5, 0.6) is 0 Å². The van der Waals surface area contributed by atoms with Crippen LogP contribution in [0.15, 0.2) is 54.6 Å². The maximum atomic E-state index is 12.6. The van der Waals surface area contributed by atoms with E-state index in [-0.39, 0.29) is 11.8 Å². The van der Waals surface area contributed by atoms with Crippen molar-refractivity contribution in [2.24, 2.45) is 5.73 Å². The van der Waals surface area contributed by atoms with Crippen LogP contribution in [-0.4, -0.2) is 11.9 Å². The molecule has 0 aliphatic carbocycles. The van der Waals surface area contributed by atoms with Gasteiger partial charge in [0.25, 0.3) is 0 Å². The average Bonchev–Trinajstić information content (AvgIpc) is 2.53. The van der Waals surface area contributed by atoms with Gasteiger partial charge in [-0.3, -0.25) is 4.79 Å². The van der Waals surface area contributed by atoms with E-state index >= 15 is 0 Å². The van der Waals surface area contributed by atoms with E-state index < -0.39 is 6.03 Å². The number of carbonyl (C=O) groups excluding carboxylic acids is 2. The van der Waals surface area contributed by atoms with E-state index in [1.165, 1.54) is 0 Å². The lowest BCUT2D eigenvalue weighted by Gasteiger charge is -2.17. The Morgan fingerprint density at radius 1 is 1.00 bits per heavy atom. The minimum atomic E-state index is -0.637. The molecule has 0 fully saturated rings. The van der Waals surface area contributed by atoms with Gasteiger partial charge in [0.05, 0.1) is 5.92 Å².